The normalized spacial score (nSPS) is 23.3. The monoisotopic (exact) mass is 445 g/mol. The van der Waals surface area contributed by atoms with E-state index < -0.39 is 21.5 Å². The van der Waals surface area contributed by atoms with E-state index >= 15 is 0 Å². The molecule has 2 atom stereocenters. The van der Waals surface area contributed by atoms with Gasteiger partial charge in [0.05, 0.1) is 12.7 Å². The van der Waals surface area contributed by atoms with Crippen LogP contribution < -0.4 is 15.2 Å². The molecule has 2 heterocycles. The van der Waals surface area contributed by atoms with Crippen molar-refractivity contribution in [1.82, 2.24) is 9.78 Å². The first-order valence-corrected chi connectivity index (χ1v) is 12.1. The third kappa shape index (κ3) is 3.52. The molecule has 0 spiro atoms. The van der Waals surface area contributed by atoms with Gasteiger partial charge in [0.2, 0.25) is 5.88 Å². The number of nitrogens with zero attached hydrogens (tertiary/aromatic N) is 3. The Balaban J connectivity index is 1.45. The van der Waals surface area contributed by atoms with E-state index in [1.54, 1.807) is 11.8 Å². The molecule has 1 aromatic carbocycles. The van der Waals surface area contributed by atoms with Crippen LogP contribution in [0.5, 0.6) is 5.88 Å². The number of nitrogens with one attached hydrogen (secondary N) is 1. The van der Waals surface area contributed by atoms with Crippen LogP contribution in [0.15, 0.2) is 21.5 Å². The highest BCUT2D eigenvalue weighted by atomic mass is 32.2. The molecule has 9 nitrogen and oxygen atoms in total. The quantitative estimate of drug-likeness (QED) is 0.752. The summed E-state index contributed by atoms with van der Waals surface area (Å²) in [6, 6.07) is 1.58. The van der Waals surface area contributed by atoms with E-state index in [0.717, 1.165) is 44.2 Å². The SMILES string of the molecule is CO[C@@]1(C)COc2c(S(N)(=O)=NC(=O)Nc3c4c(cc5c3CCC5)CCC4)cnn2C1. The van der Waals surface area contributed by atoms with Crippen molar-refractivity contribution in [2.75, 3.05) is 19.0 Å². The third-order valence-corrected chi connectivity index (χ3v) is 7.84. The smallest absolute Gasteiger partial charge is 0.354 e. The van der Waals surface area contributed by atoms with E-state index in [2.05, 4.69) is 20.8 Å². The molecule has 10 heteroatoms. The Morgan fingerprint density at radius 1 is 1.29 bits per heavy atom. The van der Waals surface area contributed by atoms with Gasteiger partial charge in [-0.15, -0.1) is 4.36 Å². The summed E-state index contributed by atoms with van der Waals surface area (Å²) in [6.45, 7) is 2.57. The van der Waals surface area contributed by atoms with Crippen molar-refractivity contribution in [3.05, 3.63) is 34.5 Å². The van der Waals surface area contributed by atoms with Gasteiger partial charge >= 0.3 is 6.03 Å². The Morgan fingerprint density at radius 3 is 2.61 bits per heavy atom. The minimum atomic E-state index is -3.54. The molecule has 3 N–H and O–H groups in total. The number of carbonyl (C=O) groups is 1. The molecule has 0 saturated heterocycles. The minimum absolute atomic E-state index is 0.115. The molecule has 1 aromatic heterocycles. The standard InChI is InChI=1S/C21H27N5O4S/c1-21(29-2)11-26-19(30-12-21)17(10-23-26)31(22,28)25-20(27)24-18-15-7-3-5-13(15)9-14-6-4-8-16(14)18/h9-10H,3-8,11-12H2,1-2H3,(H3,22,24,25,27,28)/t21-,31?/m1/s1. The van der Waals surface area contributed by atoms with Crippen LogP contribution in [0.1, 0.15) is 42.0 Å². The van der Waals surface area contributed by atoms with E-state index in [1.165, 1.54) is 28.5 Å². The number of aromatic nitrogens is 2. The highest BCUT2D eigenvalue weighted by Gasteiger charge is 2.35. The van der Waals surface area contributed by atoms with Crippen molar-refractivity contribution in [3.63, 3.8) is 0 Å². The molecule has 5 rings (SSSR count). The number of benzene rings is 1. The molecule has 2 amide bonds. The lowest BCUT2D eigenvalue weighted by Gasteiger charge is -2.32. The van der Waals surface area contributed by atoms with Gasteiger partial charge in [-0.3, -0.25) is 0 Å². The summed E-state index contributed by atoms with van der Waals surface area (Å²) in [5.41, 5.74) is 5.25. The van der Waals surface area contributed by atoms with E-state index in [4.69, 9.17) is 14.6 Å². The average molecular weight is 446 g/mol. The van der Waals surface area contributed by atoms with Gasteiger partial charge in [-0.1, -0.05) is 6.07 Å². The van der Waals surface area contributed by atoms with Crippen LogP contribution >= 0.6 is 0 Å². The first kappa shape index (κ1) is 20.5. The number of rotatable bonds is 3. The zero-order chi connectivity index (χ0) is 21.8. The Morgan fingerprint density at radius 2 is 1.97 bits per heavy atom. The first-order chi connectivity index (χ1) is 14.8. The lowest BCUT2D eigenvalue weighted by molar-refractivity contribution is -0.0654. The second-order valence-corrected chi connectivity index (χ2v) is 10.5. The van der Waals surface area contributed by atoms with Crippen molar-refractivity contribution < 1.29 is 18.5 Å². The van der Waals surface area contributed by atoms with Gasteiger partial charge in [-0.25, -0.2) is 18.8 Å². The van der Waals surface area contributed by atoms with Crippen LogP contribution in [0, 0.1) is 0 Å². The van der Waals surface area contributed by atoms with E-state index in [0.29, 0.717) is 6.54 Å². The molecular weight excluding hydrogens is 418 g/mol. The molecule has 2 aromatic rings. The first-order valence-electron chi connectivity index (χ1n) is 10.6. The second-order valence-electron chi connectivity index (χ2n) is 8.74. The average Bonchev–Trinajstić information content (AvgIpc) is 3.46. The molecule has 0 bridgehead atoms. The van der Waals surface area contributed by atoms with Crippen LogP contribution in [0.4, 0.5) is 10.5 Å². The van der Waals surface area contributed by atoms with Gasteiger partial charge in [-0.2, -0.15) is 5.10 Å². The van der Waals surface area contributed by atoms with Crippen molar-refractivity contribution in [2.45, 2.75) is 62.5 Å². The summed E-state index contributed by atoms with van der Waals surface area (Å²) < 4.78 is 29.8. The number of hydrogen-bond donors (Lipinski definition) is 2. The number of carbonyl (C=O) groups excluding carboxylic acids is 1. The summed E-state index contributed by atoms with van der Waals surface area (Å²) in [5.74, 6) is 0.264. The van der Waals surface area contributed by atoms with Crippen LogP contribution in [0.3, 0.4) is 0 Å². The van der Waals surface area contributed by atoms with Gasteiger partial charge in [0, 0.05) is 12.8 Å². The lowest BCUT2D eigenvalue weighted by Crippen LogP contribution is -2.43. The molecule has 3 aliphatic rings. The van der Waals surface area contributed by atoms with Crippen LogP contribution in [-0.2, 0) is 46.9 Å². The molecule has 166 valence electrons. The van der Waals surface area contributed by atoms with Crippen LogP contribution in [0.25, 0.3) is 0 Å². The predicted molar refractivity (Wildman–Crippen MR) is 116 cm³/mol. The fraction of sp³-hybridized carbons (Fsp3) is 0.524. The number of ether oxygens (including phenoxy) is 2. The van der Waals surface area contributed by atoms with E-state index in [1.807, 2.05) is 6.92 Å². The minimum Gasteiger partial charge on any atom is -0.474 e. The predicted octanol–water partition coefficient (Wildman–Crippen LogP) is 2.59. The number of fused-ring (bicyclic) bond motifs is 3. The molecule has 0 saturated carbocycles. The zero-order valence-electron chi connectivity index (χ0n) is 17.8. The maximum atomic E-state index is 13.2. The zero-order valence-corrected chi connectivity index (χ0v) is 18.6. The summed E-state index contributed by atoms with van der Waals surface area (Å²) in [5, 5.41) is 13.1. The lowest BCUT2D eigenvalue weighted by atomic mass is 9.99. The fourth-order valence-electron chi connectivity index (χ4n) is 4.79. The molecule has 2 aliphatic carbocycles. The van der Waals surface area contributed by atoms with Crippen molar-refractivity contribution in [3.8, 4) is 5.88 Å². The van der Waals surface area contributed by atoms with E-state index in [9.17, 15) is 9.00 Å². The molecular formula is C21H27N5O4S. The summed E-state index contributed by atoms with van der Waals surface area (Å²) in [4.78, 5) is 12.9. The van der Waals surface area contributed by atoms with Gasteiger partial charge in [-0.05, 0) is 67.7 Å². The number of methoxy groups -OCH3 is 1. The number of hydrogen-bond acceptors (Lipinski definition) is 5. The maximum absolute atomic E-state index is 13.2. The highest BCUT2D eigenvalue weighted by Crippen LogP contribution is 2.39. The topological polar surface area (TPSA) is 121 Å². The molecule has 31 heavy (non-hydrogen) atoms. The molecule has 1 aliphatic heterocycles. The van der Waals surface area contributed by atoms with Crippen molar-refractivity contribution in [2.24, 2.45) is 9.50 Å². The molecule has 1 unspecified atom stereocenters. The largest absolute Gasteiger partial charge is 0.474 e. The Kier molecular flexibility index (Phi) is 4.83. The van der Waals surface area contributed by atoms with Gasteiger partial charge in [0.25, 0.3) is 0 Å². The summed E-state index contributed by atoms with van der Waals surface area (Å²) in [7, 11) is -1.94. The fourth-order valence-corrected chi connectivity index (χ4v) is 5.80. The number of amides is 2. The summed E-state index contributed by atoms with van der Waals surface area (Å²) >= 11 is 0. The second kappa shape index (κ2) is 7.32. The van der Waals surface area contributed by atoms with Crippen molar-refractivity contribution in [1.29, 1.82) is 0 Å². The van der Waals surface area contributed by atoms with Crippen LogP contribution in [-0.4, -0.2) is 39.3 Å². The van der Waals surface area contributed by atoms with E-state index in [-0.39, 0.29) is 17.4 Å². The Hall–Kier alpha value is -2.43. The summed E-state index contributed by atoms with van der Waals surface area (Å²) in [6.07, 6.45) is 7.41. The van der Waals surface area contributed by atoms with Gasteiger partial charge in [0.1, 0.15) is 17.1 Å². The van der Waals surface area contributed by atoms with Gasteiger partial charge < -0.3 is 14.8 Å². The maximum Gasteiger partial charge on any atom is 0.354 e. The molecule has 0 fully saturated rings. The number of urea groups is 1. The van der Waals surface area contributed by atoms with Gasteiger partial charge in [0.15, 0.2) is 9.92 Å². The Labute approximate surface area is 181 Å². The number of nitrogens with two attached hydrogens (primary N) is 1. The third-order valence-electron chi connectivity index (χ3n) is 6.49. The molecule has 0 radical (unpaired) electrons. The number of aryl methyl sites for hydroxylation is 2. The Bertz CT molecular complexity index is 1160. The number of anilines is 1. The van der Waals surface area contributed by atoms with Crippen molar-refractivity contribution >= 4 is 21.6 Å². The van der Waals surface area contributed by atoms with Crippen LogP contribution in [0.2, 0.25) is 0 Å². The highest BCUT2D eigenvalue weighted by molar-refractivity contribution is 7.91.